The third-order valence-corrected chi connectivity index (χ3v) is 10.8. The van der Waals surface area contributed by atoms with Crippen molar-refractivity contribution >= 4 is 5.97 Å². The van der Waals surface area contributed by atoms with E-state index in [4.69, 9.17) is 10.8 Å². The first kappa shape index (κ1) is 23.5. The molecule has 31 heavy (non-hydrogen) atoms. The number of carboxylic acid groups (broad SMARTS) is 1. The first-order chi connectivity index (χ1) is 14.7. The van der Waals surface area contributed by atoms with Gasteiger partial charge in [-0.2, -0.15) is 0 Å². The average molecular weight is 435 g/mol. The standard InChI is InChI=1S/C26H46N2O3/c1-16(4-7-24(30)31)19-5-6-20-18-15-23(29)22-14-17(28-13-12-27)8-10-26(22,3)21(18)9-11-25(19,20)2/h16-23,28-29H,4-15,27H2,1-3H3,(H,30,31)/t16?,17-,18?,19+,20?,21?,22+,23+,25+,26+/m0/s1. The van der Waals surface area contributed by atoms with Crippen LogP contribution in [0.2, 0.25) is 0 Å². The van der Waals surface area contributed by atoms with Gasteiger partial charge in [-0.1, -0.05) is 20.8 Å². The minimum absolute atomic E-state index is 0.181. The highest BCUT2D eigenvalue weighted by molar-refractivity contribution is 5.66. The van der Waals surface area contributed by atoms with Crippen LogP contribution in [0.15, 0.2) is 0 Å². The Morgan fingerprint density at radius 2 is 1.77 bits per heavy atom. The molecular formula is C26H46N2O3. The molecule has 4 aliphatic carbocycles. The highest BCUT2D eigenvalue weighted by Crippen LogP contribution is 2.68. The molecule has 5 N–H and O–H groups in total. The van der Waals surface area contributed by atoms with Crippen LogP contribution in [-0.2, 0) is 4.79 Å². The van der Waals surface area contributed by atoms with Crippen molar-refractivity contribution in [3.63, 3.8) is 0 Å². The summed E-state index contributed by atoms with van der Waals surface area (Å²) in [6, 6.07) is 0.507. The predicted molar refractivity (Wildman–Crippen MR) is 123 cm³/mol. The van der Waals surface area contributed by atoms with Crippen molar-refractivity contribution in [3.05, 3.63) is 0 Å². The van der Waals surface area contributed by atoms with Gasteiger partial charge in [0, 0.05) is 25.6 Å². The van der Waals surface area contributed by atoms with Gasteiger partial charge in [0.05, 0.1) is 6.10 Å². The minimum atomic E-state index is -0.666. The number of aliphatic carboxylic acids is 1. The largest absolute Gasteiger partial charge is 0.481 e. The molecule has 0 radical (unpaired) electrons. The molecule has 5 nitrogen and oxygen atoms in total. The lowest BCUT2D eigenvalue weighted by atomic mass is 9.43. The summed E-state index contributed by atoms with van der Waals surface area (Å²) in [4.78, 5) is 11.1. The van der Waals surface area contributed by atoms with E-state index in [1.807, 2.05) is 0 Å². The molecule has 0 aromatic heterocycles. The summed E-state index contributed by atoms with van der Waals surface area (Å²) in [6.45, 7) is 8.85. The van der Waals surface area contributed by atoms with Gasteiger partial charge in [0.2, 0.25) is 0 Å². The lowest BCUT2D eigenvalue weighted by molar-refractivity contribution is -0.162. The topological polar surface area (TPSA) is 95.6 Å². The van der Waals surface area contributed by atoms with E-state index in [9.17, 15) is 9.90 Å². The first-order valence-electron chi connectivity index (χ1n) is 13.0. The SMILES string of the molecule is CC(CCC(=O)O)[C@H]1CCC2C3C[C@@H](O)[C@H]4C[C@@H](NCCN)CC[C@]4(C)C3CC[C@@]21C. The van der Waals surface area contributed by atoms with Crippen LogP contribution in [0.1, 0.15) is 85.0 Å². The van der Waals surface area contributed by atoms with Gasteiger partial charge in [0.25, 0.3) is 0 Å². The van der Waals surface area contributed by atoms with Crippen LogP contribution in [0.4, 0.5) is 0 Å². The van der Waals surface area contributed by atoms with Crippen molar-refractivity contribution in [1.82, 2.24) is 5.32 Å². The molecule has 0 heterocycles. The van der Waals surface area contributed by atoms with E-state index in [2.05, 4.69) is 26.1 Å². The molecule has 0 aromatic carbocycles. The Kier molecular flexibility index (Phi) is 6.78. The Morgan fingerprint density at radius 3 is 2.48 bits per heavy atom. The fraction of sp³-hybridized carbons (Fsp3) is 0.962. The molecular weight excluding hydrogens is 388 g/mol. The van der Waals surface area contributed by atoms with Crippen LogP contribution in [-0.4, -0.2) is 41.4 Å². The third-order valence-electron chi connectivity index (χ3n) is 10.8. The molecule has 4 saturated carbocycles. The first-order valence-corrected chi connectivity index (χ1v) is 13.0. The van der Waals surface area contributed by atoms with E-state index >= 15 is 0 Å². The quantitative estimate of drug-likeness (QED) is 0.485. The van der Waals surface area contributed by atoms with E-state index in [0.29, 0.717) is 54.0 Å². The molecule has 0 aromatic rings. The molecule has 4 rings (SSSR count). The van der Waals surface area contributed by atoms with Crippen molar-refractivity contribution in [3.8, 4) is 0 Å². The Labute approximate surface area is 188 Å². The van der Waals surface area contributed by atoms with E-state index in [1.165, 1.54) is 38.5 Å². The summed E-state index contributed by atoms with van der Waals surface area (Å²) in [5, 5.41) is 24.1. The molecule has 10 atom stereocenters. The van der Waals surface area contributed by atoms with Crippen LogP contribution in [0.25, 0.3) is 0 Å². The zero-order valence-corrected chi connectivity index (χ0v) is 20.0. The Morgan fingerprint density at radius 1 is 1.06 bits per heavy atom. The van der Waals surface area contributed by atoms with Crippen molar-refractivity contribution in [2.24, 2.45) is 52.1 Å². The average Bonchev–Trinajstić information content (AvgIpc) is 3.08. The number of aliphatic hydroxyl groups is 1. The Hall–Kier alpha value is -0.650. The third kappa shape index (κ3) is 4.08. The van der Waals surface area contributed by atoms with Gasteiger partial charge >= 0.3 is 5.97 Å². The molecule has 178 valence electrons. The number of hydrogen-bond acceptors (Lipinski definition) is 4. The van der Waals surface area contributed by atoms with Gasteiger partial charge in [0.15, 0.2) is 0 Å². The van der Waals surface area contributed by atoms with Gasteiger partial charge in [-0.25, -0.2) is 0 Å². The second-order valence-electron chi connectivity index (χ2n) is 12.1. The van der Waals surface area contributed by atoms with Crippen LogP contribution in [0.5, 0.6) is 0 Å². The van der Waals surface area contributed by atoms with Crippen molar-refractivity contribution < 1.29 is 15.0 Å². The zero-order chi connectivity index (χ0) is 22.4. The summed E-state index contributed by atoms with van der Waals surface area (Å²) in [5.74, 6) is 2.93. The van der Waals surface area contributed by atoms with Crippen LogP contribution < -0.4 is 11.1 Å². The lowest BCUT2D eigenvalue weighted by Gasteiger charge is -2.62. The molecule has 4 fully saturated rings. The second-order valence-corrected chi connectivity index (χ2v) is 12.1. The van der Waals surface area contributed by atoms with Crippen LogP contribution >= 0.6 is 0 Å². The Bertz CT molecular complexity index is 657. The van der Waals surface area contributed by atoms with E-state index in [-0.39, 0.29) is 11.5 Å². The fourth-order valence-electron chi connectivity index (χ4n) is 9.30. The predicted octanol–water partition coefficient (Wildman–Crippen LogP) is 4.03. The molecule has 0 bridgehead atoms. The van der Waals surface area contributed by atoms with E-state index < -0.39 is 5.97 Å². The molecule has 0 aliphatic heterocycles. The Balaban J connectivity index is 1.49. The van der Waals surface area contributed by atoms with E-state index in [0.717, 1.165) is 31.7 Å². The van der Waals surface area contributed by atoms with Gasteiger partial charge in [-0.3, -0.25) is 4.79 Å². The normalized spacial score (nSPS) is 47.8. The van der Waals surface area contributed by atoms with Crippen LogP contribution in [0.3, 0.4) is 0 Å². The van der Waals surface area contributed by atoms with Crippen molar-refractivity contribution in [2.45, 2.75) is 97.1 Å². The molecule has 5 heteroatoms. The van der Waals surface area contributed by atoms with Crippen molar-refractivity contribution in [2.75, 3.05) is 13.1 Å². The maximum Gasteiger partial charge on any atom is 0.303 e. The number of nitrogens with two attached hydrogens (primary N) is 1. The monoisotopic (exact) mass is 434 g/mol. The van der Waals surface area contributed by atoms with Gasteiger partial charge in [0.1, 0.15) is 0 Å². The minimum Gasteiger partial charge on any atom is -0.481 e. The molecule has 0 saturated heterocycles. The van der Waals surface area contributed by atoms with Crippen molar-refractivity contribution in [1.29, 1.82) is 0 Å². The molecule has 0 spiro atoms. The number of nitrogens with one attached hydrogen (secondary N) is 1. The molecule has 4 unspecified atom stereocenters. The number of rotatable bonds is 7. The number of hydrogen-bond donors (Lipinski definition) is 4. The summed E-state index contributed by atoms with van der Waals surface area (Å²) in [6.07, 6.45) is 10.5. The number of aliphatic hydroxyl groups excluding tert-OH is 1. The number of carboxylic acids is 1. The van der Waals surface area contributed by atoms with Gasteiger partial charge in [-0.15, -0.1) is 0 Å². The smallest absolute Gasteiger partial charge is 0.303 e. The summed E-state index contributed by atoms with van der Waals surface area (Å²) in [7, 11) is 0. The maximum absolute atomic E-state index is 11.4. The molecule has 0 amide bonds. The second kappa shape index (κ2) is 8.95. The molecule has 4 aliphatic rings. The summed E-state index contributed by atoms with van der Waals surface area (Å²) < 4.78 is 0. The number of carbonyl (C=O) groups is 1. The summed E-state index contributed by atoms with van der Waals surface area (Å²) in [5.41, 5.74) is 6.29. The maximum atomic E-state index is 11.4. The van der Waals surface area contributed by atoms with E-state index in [1.54, 1.807) is 0 Å². The number of fused-ring (bicyclic) bond motifs is 5. The fourth-order valence-corrected chi connectivity index (χ4v) is 9.30. The highest BCUT2D eigenvalue weighted by Gasteiger charge is 2.62. The van der Waals surface area contributed by atoms with Gasteiger partial charge < -0.3 is 21.3 Å². The highest BCUT2D eigenvalue weighted by atomic mass is 16.4. The lowest BCUT2D eigenvalue weighted by Crippen LogP contribution is -2.59. The van der Waals surface area contributed by atoms with Crippen LogP contribution in [0, 0.1) is 46.3 Å². The summed E-state index contributed by atoms with van der Waals surface area (Å²) >= 11 is 0. The zero-order valence-electron chi connectivity index (χ0n) is 20.0. The van der Waals surface area contributed by atoms with Gasteiger partial charge in [-0.05, 0) is 104 Å².